The summed E-state index contributed by atoms with van der Waals surface area (Å²) in [6.07, 6.45) is 0. The van der Waals surface area contributed by atoms with E-state index < -0.39 is 0 Å². The molecule has 0 spiro atoms. The third-order valence-electron chi connectivity index (χ3n) is 10.7. The van der Waals surface area contributed by atoms with Crippen LogP contribution in [0.15, 0.2) is 182 Å². The molecule has 8 aromatic carbocycles. The van der Waals surface area contributed by atoms with Gasteiger partial charge in [-0.15, -0.1) is 0 Å². The molecule has 51 heavy (non-hydrogen) atoms. The molecule has 0 N–H and O–H groups in total. The van der Waals surface area contributed by atoms with Gasteiger partial charge in [0.2, 0.25) is 0 Å². The van der Waals surface area contributed by atoms with Crippen LogP contribution >= 0.6 is 0 Å². The second-order valence-corrected chi connectivity index (χ2v) is 14.3. The molecule has 0 amide bonds. The Morgan fingerprint density at radius 2 is 0.902 bits per heavy atom. The van der Waals surface area contributed by atoms with Crippen LogP contribution in [0.5, 0.6) is 0 Å². The Kier molecular flexibility index (Phi) is 7.44. The van der Waals surface area contributed by atoms with Crippen LogP contribution in [0.2, 0.25) is 0 Å². The first-order chi connectivity index (χ1) is 24.9. The van der Waals surface area contributed by atoms with Crippen LogP contribution in [0.1, 0.15) is 30.5 Å². The number of nitrogens with zero attached hydrogens (tertiary/aromatic N) is 1. The summed E-state index contributed by atoms with van der Waals surface area (Å²) in [4.78, 5) is 2.40. The molecule has 0 unspecified atom stereocenters. The molecule has 0 atom stereocenters. The maximum absolute atomic E-state index is 2.43. The van der Waals surface area contributed by atoms with Gasteiger partial charge in [0.15, 0.2) is 0 Å². The van der Waals surface area contributed by atoms with E-state index >= 15 is 0 Å². The predicted octanol–water partition coefficient (Wildman–Crippen LogP) is 13.9. The predicted molar refractivity (Wildman–Crippen MR) is 217 cm³/mol. The number of hydrogen-bond donors (Lipinski definition) is 0. The molecular weight excluding hydrogens is 615 g/mol. The third kappa shape index (κ3) is 5.43. The standard InChI is InChI=1S/C50H39N/c1-34-11-9-16-42(31-34)51(41-26-23-38(24-27-41)37-21-19-36(20-22-37)35-12-5-4-6-13-35)43-28-30-47-46-29-25-40(32-48(46)50(2,3)49(47)33-43)45-18-10-15-39-14-7-8-17-44(39)45/h4-33H,1-3H3. The van der Waals surface area contributed by atoms with Crippen molar-refractivity contribution in [2.24, 2.45) is 0 Å². The van der Waals surface area contributed by atoms with Gasteiger partial charge in [-0.25, -0.2) is 0 Å². The van der Waals surface area contributed by atoms with Crippen LogP contribution in [0, 0.1) is 6.92 Å². The number of benzene rings is 8. The Labute approximate surface area is 301 Å². The molecule has 0 heterocycles. The molecule has 0 fully saturated rings. The summed E-state index contributed by atoms with van der Waals surface area (Å²) in [5.41, 5.74) is 17.3. The highest BCUT2D eigenvalue weighted by Crippen LogP contribution is 2.52. The van der Waals surface area contributed by atoms with Gasteiger partial charge in [-0.3, -0.25) is 0 Å². The largest absolute Gasteiger partial charge is 0.310 e. The van der Waals surface area contributed by atoms with Crippen LogP contribution in [0.25, 0.3) is 55.3 Å². The van der Waals surface area contributed by atoms with Crippen molar-refractivity contribution in [1.29, 1.82) is 0 Å². The van der Waals surface area contributed by atoms with Crippen LogP contribution in [-0.4, -0.2) is 0 Å². The van der Waals surface area contributed by atoms with Crippen molar-refractivity contribution in [3.63, 3.8) is 0 Å². The van der Waals surface area contributed by atoms with Crippen LogP contribution in [0.3, 0.4) is 0 Å². The second-order valence-electron chi connectivity index (χ2n) is 14.3. The van der Waals surface area contributed by atoms with E-state index in [1.807, 2.05) is 0 Å². The molecule has 0 bridgehead atoms. The Bertz CT molecular complexity index is 2540. The number of anilines is 3. The van der Waals surface area contributed by atoms with E-state index in [0.29, 0.717) is 0 Å². The van der Waals surface area contributed by atoms with Crippen LogP contribution < -0.4 is 4.90 Å². The molecule has 0 saturated heterocycles. The normalized spacial score (nSPS) is 12.8. The first-order valence-electron chi connectivity index (χ1n) is 17.8. The highest BCUT2D eigenvalue weighted by Gasteiger charge is 2.36. The minimum absolute atomic E-state index is 0.157. The van der Waals surface area contributed by atoms with Gasteiger partial charge in [-0.05, 0) is 121 Å². The summed E-state index contributed by atoms with van der Waals surface area (Å²) < 4.78 is 0. The first-order valence-corrected chi connectivity index (χ1v) is 17.8. The van der Waals surface area contributed by atoms with E-state index in [1.54, 1.807) is 0 Å². The number of fused-ring (bicyclic) bond motifs is 4. The molecule has 1 aliphatic rings. The lowest BCUT2D eigenvalue weighted by Gasteiger charge is -2.28. The van der Waals surface area contributed by atoms with Crippen molar-refractivity contribution in [3.8, 4) is 44.5 Å². The molecule has 8 aromatic rings. The maximum atomic E-state index is 2.43. The summed E-state index contributed by atoms with van der Waals surface area (Å²) in [5, 5.41) is 2.56. The summed E-state index contributed by atoms with van der Waals surface area (Å²) in [6.45, 7) is 6.92. The fourth-order valence-corrected chi connectivity index (χ4v) is 8.01. The van der Waals surface area contributed by atoms with Crippen LogP contribution in [0.4, 0.5) is 17.1 Å². The maximum Gasteiger partial charge on any atom is 0.0465 e. The van der Waals surface area contributed by atoms with E-state index in [4.69, 9.17) is 0 Å². The average molecular weight is 654 g/mol. The van der Waals surface area contributed by atoms with Gasteiger partial charge >= 0.3 is 0 Å². The van der Waals surface area contributed by atoms with Crippen molar-refractivity contribution in [3.05, 3.63) is 199 Å². The van der Waals surface area contributed by atoms with Crippen molar-refractivity contribution < 1.29 is 0 Å². The van der Waals surface area contributed by atoms with Gasteiger partial charge in [-0.1, -0.05) is 153 Å². The zero-order valence-electron chi connectivity index (χ0n) is 29.3. The summed E-state index contributed by atoms with van der Waals surface area (Å²) >= 11 is 0. The third-order valence-corrected chi connectivity index (χ3v) is 10.7. The molecule has 9 rings (SSSR count). The highest BCUT2D eigenvalue weighted by atomic mass is 15.1. The van der Waals surface area contributed by atoms with Gasteiger partial charge < -0.3 is 4.90 Å². The van der Waals surface area contributed by atoms with Crippen molar-refractivity contribution in [1.82, 2.24) is 0 Å². The Morgan fingerprint density at radius 3 is 1.63 bits per heavy atom. The number of rotatable bonds is 6. The van der Waals surface area contributed by atoms with Crippen molar-refractivity contribution in [2.75, 3.05) is 4.90 Å². The van der Waals surface area contributed by atoms with E-state index in [-0.39, 0.29) is 5.41 Å². The lowest BCUT2D eigenvalue weighted by Crippen LogP contribution is -2.16. The Hall–Kier alpha value is -6.18. The lowest BCUT2D eigenvalue weighted by molar-refractivity contribution is 0.660. The lowest BCUT2D eigenvalue weighted by atomic mass is 9.81. The summed E-state index contributed by atoms with van der Waals surface area (Å²) in [7, 11) is 0. The second kappa shape index (κ2) is 12.3. The monoisotopic (exact) mass is 653 g/mol. The zero-order chi connectivity index (χ0) is 34.5. The van der Waals surface area contributed by atoms with Crippen molar-refractivity contribution >= 4 is 27.8 Å². The fourth-order valence-electron chi connectivity index (χ4n) is 8.01. The Balaban J connectivity index is 1.09. The van der Waals surface area contributed by atoms with Gasteiger partial charge in [0.1, 0.15) is 0 Å². The minimum Gasteiger partial charge on any atom is -0.310 e. The van der Waals surface area contributed by atoms with Gasteiger partial charge in [0, 0.05) is 22.5 Å². The molecule has 0 saturated carbocycles. The molecule has 1 heteroatoms. The number of aryl methyl sites for hydroxylation is 1. The molecular formula is C50H39N. The molecule has 0 radical (unpaired) electrons. The summed E-state index contributed by atoms with van der Waals surface area (Å²) in [6, 6.07) is 66.7. The van der Waals surface area contributed by atoms with E-state index in [2.05, 4.69) is 208 Å². The van der Waals surface area contributed by atoms with E-state index in [9.17, 15) is 0 Å². The minimum atomic E-state index is -0.157. The first kappa shape index (κ1) is 30.8. The molecule has 0 aliphatic heterocycles. The van der Waals surface area contributed by atoms with Crippen LogP contribution in [-0.2, 0) is 5.41 Å². The van der Waals surface area contributed by atoms with Gasteiger partial charge in [0.25, 0.3) is 0 Å². The molecule has 244 valence electrons. The average Bonchev–Trinajstić information content (AvgIpc) is 3.40. The number of hydrogen-bond acceptors (Lipinski definition) is 1. The summed E-state index contributed by atoms with van der Waals surface area (Å²) in [5.74, 6) is 0. The Morgan fingerprint density at radius 1 is 0.373 bits per heavy atom. The van der Waals surface area contributed by atoms with E-state index in [0.717, 1.165) is 17.1 Å². The van der Waals surface area contributed by atoms with E-state index in [1.165, 1.54) is 72.0 Å². The quantitative estimate of drug-likeness (QED) is 0.173. The molecule has 1 nitrogen and oxygen atoms in total. The molecule has 0 aromatic heterocycles. The molecule has 1 aliphatic carbocycles. The fraction of sp³-hybridized carbons (Fsp3) is 0.0800. The van der Waals surface area contributed by atoms with Gasteiger partial charge in [-0.2, -0.15) is 0 Å². The van der Waals surface area contributed by atoms with Crippen molar-refractivity contribution in [2.45, 2.75) is 26.2 Å². The SMILES string of the molecule is Cc1cccc(N(c2ccc(-c3ccc(-c4ccccc4)cc3)cc2)c2ccc3c(c2)C(C)(C)c2cc(-c4cccc5ccccc45)ccc2-3)c1. The topological polar surface area (TPSA) is 3.24 Å². The zero-order valence-corrected chi connectivity index (χ0v) is 29.3. The smallest absolute Gasteiger partial charge is 0.0465 e. The highest BCUT2D eigenvalue weighted by molar-refractivity contribution is 5.98. The van der Waals surface area contributed by atoms with Gasteiger partial charge in [0.05, 0.1) is 0 Å².